The Morgan fingerprint density at radius 1 is 1.14 bits per heavy atom. The van der Waals surface area contributed by atoms with Crippen LogP contribution in [0.15, 0.2) is 64.5 Å². The number of nitrogens with zero attached hydrogens (tertiary/aromatic N) is 3. The normalized spacial score (nSPS) is 11.6. The zero-order valence-electron chi connectivity index (χ0n) is 14.8. The number of fused-ring (bicyclic) bond motifs is 1. The van der Waals surface area contributed by atoms with E-state index >= 15 is 0 Å². The fraction of sp³-hybridized carbons (Fsp3) is 0.105. The van der Waals surface area contributed by atoms with Gasteiger partial charge in [-0.3, -0.25) is 4.98 Å². The molecule has 4 rings (SSSR count). The van der Waals surface area contributed by atoms with Crippen molar-refractivity contribution in [1.29, 1.82) is 0 Å². The molecule has 0 bridgehead atoms. The van der Waals surface area contributed by atoms with Gasteiger partial charge in [0.2, 0.25) is 0 Å². The number of pyridine rings is 3. The number of hydrogen-bond donors (Lipinski definition) is 1. The number of aromatic nitrogens is 4. The van der Waals surface area contributed by atoms with Gasteiger partial charge in [0.15, 0.2) is 25.2 Å². The topological polar surface area (TPSA) is 97.8 Å². The first-order valence-electron chi connectivity index (χ1n) is 8.43. The fourth-order valence-corrected chi connectivity index (χ4v) is 3.79. The Labute approximate surface area is 169 Å². The summed E-state index contributed by atoms with van der Waals surface area (Å²) in [5.41, 5.74) is 2.36. The molecule has 28 heavy (non-hydrogen) atoms. The van der Waals surface area contributed by atoms with Crippen LogP contribution >= 0.6 is 15.9 Å². The van der Waals surface area contributed by atoms with E-state index in [0.717, 1.165) is 16.8 Å². The molecule has 0 aromatic carbocycles. The van der Waals surface area contributed by atoms with Crippen LogP contribution in [0.3, 0.4) is 0 Å². The summed E-state index contributed by atoms with van der Waals surface area (Å²) < 4.78 is 30.1. The van der Waals surface area contributed by atoms with Gasteiger partial charge in [0.1, 0.15) is 11.4 Å². The molecule has 0 radical (unpaired) electrons. The molecule has 0 fully saturated rings. The van der Waals surface area contributed by atoms with Crippen LogP contribution < -0.4 is 4.74 Å². The van der Waals surface area contributed by atoms with E-state index in [0.29, 0.717) is 21.7 Å². The first-order chi connectivity index (χ1) is 13.5. The summed E-state index contributed by atoms with van der Waals surface area (Å²) in [6.45, 7) is 1.58. The lowest BCUT2D eigenvalue weighted by Crippen LogP contribution is -2.05. The van der Waals surface area contributed by atoms with E-state index in [1.54, 1.807) is 19.2 Å². The third-order valence-electron chi connectivity index (χ3n) is 4.10. The minimum atomic E-state index is -3.35. The second-order valence-electron chi connectivity index (χ2n) is 5.95. The van der Waals surface area contributed by atoms with Gasteiger partial charge >= 0.3 is 0 Å². The van der Waals surface area contributed by atoms with Gasteiger partial charge in [-0.05, 0) is 52.3 Å². The maximum Gasteiger partial charge on any atom is 0.195 e. The van der Waals surface area contributed by atoms with E-state index in [4.69, 9.17) is 4.74 Å². The molecular weight excluding hydrogens is 444 g/mol. The van der Waals surface area contributed by atoms with Crippen molar-refractivity contribution in [2.24, 2.45) is 0 Å². The van der Waals surface area contributed by atoms with Gasteiger partial charge in [-0.1, -0.05) is 13.0 Å². The van der Waals surface area contributed by atoms with Crippen LogP contribution in [0.25, 0.3) is 22.4 Å². The smallest absolute Gasteiger partial charge is 0.195 e. The first kappa shape index (κ1) is 18.6. The van der Waals surface area contributed by atoms with Crippen molar-refractivity contribution in [1.82, 2.24) is 19.9 Å². The predicted octanol–water partition coefficient (Wildman–Crippen LogP) is 4.37. The van der Waals surface area contributed by atoms with Crippen LogP contribution in [0.5, 0.6) is 11.5 Å². The minimum absolute atomic E-state index is 0.00155. The lowest BCUT2D eigenvalue weighted by molar-refractivity contribution is 0.474. The largest absolute Gasteiger partial charge is 0.453 e. The van der Waals surface area contributed by atoms with Gasteiger partial charge in [0, 0.05) is 11.6 Å². The van der Waals surface area contributed by atoms with Crippen molar-refractivity contribution in [2.45, 2.75) is 11.9 Å². The molecule has 0 atom stereocenters. The lowest BCUT2D eigenvalue weighted by Gasteiger charge is -2.08. The second kappa shape index (κ2) is 7.33. The summed E-state index contributed by atoms with van der Waals surface area (Å²) in [6.07, 6.45) is 3.11. The average molecular weight is 459 g/mol. The van der Waals surface area contributed by atoms with E-state index in [1.165, 1.54) is 12.3 Å². The average Bonchev–Trinajstić information content (AvgIpc) is 3.12. The van der Waals surface area contributed by atoms with Crippen molar-refractivity contribution in [2.75, 3.05) is 5.75 Å². The molecule has 4 heterocycles. The zero-order valence-corrected chi connectivity index (χ0v) is 17.2. The van der Waals surface area contributed by atoms with Crippen LogP contribution in [0.2, 0.25) is 0 Å². The predicted molar refractivity (Wildman–Crippen MR) is 109 cm³/mol. The maximum absolute atomic E-state index is 11.9. The van der Waals surface area contributed by atoms with Crippen LogP contribution in [-0.2, 0) is 9.84 Å². The van der Waals surface area contributed by atoms with Gasteiger partial charge in [0.25, 0.3) is 0 Å². The molecule has 4 aromatic heterocycles. The number of halogens is 1. The number of nitrogens with one attached hydrogen (secondary N) is 1. The Morgan fingerprint density at radius 3 is 2.68 bits per heavy atom. The van der Waals surface area contributed by atoms with Crippen molar-refractivity contribution in [3.8, 4) is 22.9 Å². The van der Waals surface area contributed by atoms with E-state index in [9.17, 15) is 8.42 Å². The van der Waals surface area contributed by atoms with Gasteiger partial charge < -0.3 is 9.72 Å². The van der Waals surface area contributed by atoms with Crippen molar-refractivity contribution in [3.63, 3.8) is 0 Å². The molecule has 0 aliphatic rings. The monoisotopic (exact) mass is 458 g/mol. The number of rotatable bonds is 5. The molecule has 0 saturated carbocycles. The molecule has 4 aromatic rings. The van der Waals surface area contributed by atoms with Gasteiger partial charge in [-0.25, -0.2) is 18.4 Å². The number of H-pyrrole nitrogens is 1. The highest BCUT2D eigenvalue weighted by Crippen LogP contribution is 2.33. The molecule has 9 heteroatoms. The maximum atomic E-state index is 11.9. The van der Waals surface area contributed by atoms with E-state index in [2.05, 4.69) is 35.9 Å². The minimum Gasteiger partial charge on any atom is -0.453 e. The summed E-state index contributed by atoms with van der Waals surface area (Å²) in [5.74, 6) is 0.905. The van der Waals surface area contributed by atoms with Crippen LogP contribution in [0, 0.1) is 0 Å². The summed E-state index contributed by atoms with van der Waals surface area (Å²) in [7, 11) is -3.35. The Morgan fingerprint density at radius 2 is 2.00 bits per heavy atom. The van der Waals surface area contributed by atoms with E-state index in [-0.39, 0.29) is 10.8 Å². The zero-order chi connectivity index (χ0) is 19.7. The Kier molecular flexibility index (Phi) is 4.86. The fourth-order valence-electron chi connectivity index (χ4n) is 2.63. The first-order valence-corrected chi connectivity index (χ1v) is 10.9. The van der Waals surface area contributed by atoms with Crippen molar-refractivity contribution >= 4 is 36.8 Å². The SMILES string of the molecule is CCS(=O)(=O)c1ccc(Oc2cc3cc(-c4ccccn4)[nH]c3nc2Br)cn1. The van der Waals surface area contributed by atoms with Crippen molar-refractivity contribution in [3.05, 3.63) is 59.5 Å². The lowest BCUT2D eigenvalue weighted by atomic mass is 10.2. The second-order valence-corrected chi connectivity index (χ2v) is 8.93. The van der Waals surface area contributed by atoms with Crippen molar-refractivity contribution < 1.29 is 13.2 Å². The summed E-state index contributed by atoms with van der Waals surface area (Å²) in [4.78, 5) is 16.0. The van der Waals surface area contributed by atoms with E-state index in [1.807, 2.05) is 30.3 Å². The molecule has 1 N–H and O–H groups in total. The number of ether oxygens (including phenoxy) is 1. The highest BCUT2D eigenvalue weighted by molar-refractivity contribution is 9.10. The molecule has 7 nitrogen and oxygen atoms in total. The Bertz CT molecular complexity index is 1240. The van der Waals surface area contributed by atoms with Crippen LogP contribution in [0.4, 0.5) is 0 Å². The molecular formula is C19H15BrN4O3S. The van der Waals surface area contributed by atoms with E-state index < -0.39 is 9.84 Å². The van der Waals surface area contributed by atoms with Gasteiger partial charge in [-0.15, -0.1) is 0 Å². The quantitative estimate of drug-likeness (QED) is 0.445. The standard InChI is InChI=1S/C19H15BrN4O3S/c1-2-28(25,26)17-7-6-13(11-22-17)27-16-10-12-9-15(14-5-3-4-8-21-14)23-19(12)24-18(16)20/h3-11H,2H2,1H3,(H,23,24). The molecule has 0 spiro atoms. The summed E-state index contributed by atoms with van der Waals surface area (Å²) in [6, 6.07) is 12.5. The molecule has 0 aliphatic carbocycles. The van der Waals surface area contributed by atoms with Crippen LogP contribution in [-0.4, -0.2) is 34.1 Å². The summed E-state index contributed by atoms with van der Waals surface area (Å²) >= 11 is 3.41. The Balaban J connectivity index is 1.65. The molecule has 0 aliphatic heterocycles. The number of sulfone groups is 1. The third kappa shape index (κ3) is 3.63. The Hall–Kier alpha value is -2.78. The van der Waals surface area contributed by atoms with Crippen LogP contribution in [0.1, 0.15) is 6.92 Å². The molecule has 142 valence electrons. The van der Waals surface area contributed by atoms with Gasteiger partial charge in [0.05, 0.1) is 23.3 Å². The molecule has 0 unspecified atom stereocenters. The van der Waals surface area contributed by atoms with Gasteiger partial charge in [-0.2, -0.15) is 0 Å². The third-order valence-corrected chi connectivity index (χ3v) is 6.31. The number of hydrogen-bond acceptors (Lipinski definition) is 6. The summed E-state index contributed by atoms with van der Waals surface area (Å²) in [5, 5.41) is 0.887. The highest BCUT2D eigenvalue weighted by Gasteiger charge is 2.14. The molecule has 0 saturated heterocycles. The number of aromatic amines is 1. The molecule has 0 amide bonds. The highest BCUT2D eigenvalue weighted by atomic mass is 79.9.